The van der Waals surface area contributed by atoms with E-state index < -0.39 is 0 Å². The van der Waals surface area contributed by atoms with E-state index in [-0.39, 0.29) is 5.41 Å². The molecule has 0 atom stereocenters. The molecule has 0 aliphatic rings. The van der Waals surface area contributed by atoms with Crippen LogP contribution < -0.4 is 0 Å². The molecule has 0 fully saturated rings. The normalized spacial score (nSPS) is 12.3. The zero-order valence-electron chi connectivity index (χ0n) is 20.9. The van der Waals surface area contributed by atoms with Crippen LogP contribution in [0.25, 0.3) is 55.0 Å². The van der Waals surface area contributed by atoms with E-state index in [0.29, 0.717) is 0 Å². The van der Waals surface area contributed by atoms with Crippen LogP contribution in [0, 0.1) is 0 Å². The Hall–Kier alpha value is -4.30. The predicted octanol–water partition coefficient (Wildman–Crippen LogP) is 9.18. The van der Waals surface area contributed by atoms with Crippen molar-refractivity contribution in [2.75, 3.05) is 0 Å². The Kier molecular flexibility index (Phi) is 4.44. The lowest BCUT2D eigenvalue weighted by Crippen LogP contribution is -2.10. The molecular formula is C34H28N2. The maximum atomic E-state index is 2.44. The van der Waals surface area contributed by atoms with Gasteiger partial charge in [-0.3, -0.25) is 0 Å². The lowest BCUT2D eigenvalue weighted by molar-refractivity contribution is 0.590. The highest BCUT2D eigenvalue weighted by molar-refractivity contribution is 6.26. The molecule has 0 saturated heterocycles. The van der Waals surface area contributed by atoms with E-state index in [1.807, 2.05) is 0 Å². The number of rotatable bonds is 2. The molecule has 0 bridgehead atoms. The van der Waals surface area contributed by atoms with Gasteiger partial charge in [0, 0.05) is 32.9 Å². The molecule has 2 heteroatoms. The standard InChI is InChI=1S/C34H28N2/c1-34(2,3)23-17-19-25(20-18-23)35-30-16-10-8-14-28(30)32-31(35)22-21-27-26-13-7-9-15-29(26)36(33(27)32)24-11-5-4-6-12-24/h4-22H,1-3H3. The topological polar surface area (TPSA) is 9.86 Å². The van der Waals surface area contributed by atoms with Crippen molar-refractivity contribution >= 4 is 43.6 Å². The van der Waals surface area contributed by atoms with E-state index in [1.54, 1.807) is 0 Å². The summed E-state index contributed by atoms with van der Waals surface area (Å²) in [5.74, 6) is 0. The minimum absolute atomic E-state index is 0.127. The molecule has 2 nitrogen and oxygen atoms in total. The molecule has 0 saturated carbocycles. The summed E-state index contributed by atoms with van der Waals surface area (Å²) in [6.07, 6.45) is 0. The zero-order valence-corrected chi connectivity index (χ0v) is 20.9. The number of para-hydroxylation sites is 3. The van der Waals surface area contributed by atoms with Gasteiger partial charge in [-0.15, -0.1) is 0 Å². The minimum Gasteiger partial charge on any atom is -0.309 e. The van der Waals surface area contributed by atoms with Crippen molar-refractivity contribution in [2.24, 2.45) is 0 Å². The van der Waals surface area contributed by atoms with E-state index in [4.69, 9.17) is 0 Å². The summed E-state index contributed by atoms with van der Waals surface area (Å²) in [6.45, 7) is 6.80. The van der Waals surface area contributed by atoms with Gasteiger partial charge in [0.05, 0.1) is 22.1 Å². The fraction of sp³-hybridized carbons (Fsp3) is 0.118. The van der Waals surface area contributed by atoms with Gasteiger partial charge in [0.25, 0.3) is 0 Å². The van der Waals surface area contributed by atoms with Gasteiger partial charge in [0.2, 0.25) is 0 Å². The van der Waals surface area contributed by atoms with Crippen LogP contribution >= 0.6 is 0 Å². The second-order valence-electron chi connectivity index (χ2n) is 10.7. The first-order valence-corrected chi connectivity index (χ1v) is 12.6. The summed E-state index contributed by atoms with van der Waals surface area (Å²) >= 11 is 0. The fourth-order valence-electron chi connectivity index (χ4n) is 5.74. The van der Waals surface area contributed by atoms with Crippen molar-refractivity contribution in [1.82, 2.24) is 9.13 Å². The molecule has 0 aliphatic carbocycles. The summed E-state index contributed by atoms with van der Waals surface area (Å²) in [7, 11) is 0. The highest BCUT2D eigenvalue weighted by Crippen LogP contribution is 2.41. The van der Waals surface area contributed by atoms with E-state index in [1.165, 1.54) is 60.5 Å². The molecular weight excluding hydrogens is 436 g/mol. The summed E-state index contributed by atoms with van der Waals surface area (Å²) in [5.41, 5.74) is 8.80. The first-order valence-electron chi connectivity index (χ1n) is 12.6. The van der Waals surface area contributed by atoms with Crippen molar-refractivity contribution in [3.8, 4) is 11.4 Å². The van der Waals surface area contributed by atoms with E-state index in [2.05, 4.69) is 145 Å². The molecule has 2 aromatic heterocycles. The SMILES string of the molecule is CC(C)(C)c1ccc(-n2c3ccccc3c3c2ccc2c4ccccc4n(-c4ccccc4)c23)cc1. The Morgan fingerprint density at radius 1 is 0.444 bits per heavy atom. The summed E-state index contributed by atoms with van der Waals surface area (Å²) in [4.78, 5) is 0. The first kappa shape index (κ1) is 21.0. The maximum absolute atomic E-state index is 2.44. The van der Waals surface area contributed by atoms with Crippen LogP contribution in [0.5, 0.6) is 0 Å². The van der Waals surface area contributed by atoms with E-state index >= 15 is 0 Å². The van der Waals surface area contributed by atoms with E-state index in [9.17, 15) is 0 Å². The Bertz CT molecular complexity index is 1890. The van der Waals surface area contributed by atoms with Crippen molar-refractivity contribution in [3.63, 3.8) is 0 Å². The monoisotopic (exact) mass is 464 g/mol. The number of benzene rings is 5. The molecule has 7 rings (SSSR count). The molecule has 0 amide bonds. The molecule has 0 unspecified atom stereocenters. The zero-order chi connectivity index (χ0) is 24.4. The Labute approximate surface area is 211 Å². The van der Waals surface area contributed by atoms with Crippen LogP contribution in [-0.2, 0) is 5.41 Å². The molecule has 2 heterocycles. The van der Waals surface area contributed by atoms with Crippen LogP contribution in [0.15, 0.2) is 115 Å². The van der Waals surface area contributed by atoms with Crippen molar-refractivity contribution in [1.29, 1.82) is 0 Å². The molecule has 5 aromatic carbocycles. The van der Waals surface area contributed by atoms with Crippen LogP contribution in [0.2, 0.25) is 0 Å². The van der Waals surface area contributed by atoms with Crippen molar-refractivity contribution in [2.45, 2.75) is 26.2 Å². The average molecular weight is 465 g/mol. The van der Waals surface area contributed by atoms with Crippen molar-refractivity contribution < 1.29 is 0 Å². The third kappa shape index (κ3) is 2.97. The Morgan fingerprint density at radius 3 is 1.72 bits per heavy atom. The third-order valence-corrected chi connectivity index (χ3v) is 7.48. The summed E-state index contributed by atoms with van der Waals surface area (Å²) in [5, 5.41) is 5.14. The molecule has 7 aromatic rings. The summed E-state index contributed by atoms with van der Waals surface area (Å²) < 4.78 is 4.86. The summed E-state index contributed by atoms with van der Waals surface area (Å²) in [6, 6.07) is 42.0. The molecule has 0 spiro atoms. The Morgan fingerprint density at radius 2 is 1.03 bits per heavy atom. The van der Waals surface area contributed by atoms with Crippen LogP contribution in [0.1, 0.15) is 26.3 Å². The van der Waals surface area contributed by atoms with Gasteiger partial charge in [0.15, 0.2) is 0 Å². The van der Waals surface area contributed by atoms with Gasteiger partial charge in [-0.05, 0) is 53.4 Å². The quantitative estimate of drug-likeness (QED) is 0.241. The third-order valence-electron chi connectivity index (χ3n) is 7.48. The smallest absolute Gasteiger partial charge is 0.0641 e. The van der Waals surface area contributed by atoms with Crippen molar-refractivity contribution in [3.05, 3.63) is 121 Å². The lowest BCUT2D eigenvalue weighted by atomic mass is 9.87. The minimum atomic E-state index is 0.127. The fourth-order valence-corrected chi connectivity index (χ4v) is 5.74. The molecule has 174 valence electrons. The molecule has 0 aliphatic heterocycles. The Balaban J connectivity index is 1.65. The van der Waals surface area contributed by atoms with Gasteiger partial charge in [-0.25, -0.2) is 0 Å². The highest BCUT2D eigenvalue weighted by Gasteiger charge is 2.21. The number of hydrogen-bond acceptors (Lipinski definition) is 0. The van der Waals surface area contributed by atoms with E-state index in [0.717, 1.165) is 0 Å². The van der Waals surface area contributed by atoms with Gasteiger partial charge in [-0.1, -0.05) is 93.6 Å². The van der Waals surface area contributed by atoms with Crippen LogP contribution in [-0.4, -0.2) is 9.13 Å². The number of hydrogen-bond donors (Lipinski definition) is 0. The van der Waals surface area contributed by atoms with Gasteiger partial charge in [-0.2, -0.15) is 0 Å². The first-order chi connectivity index (χ1) is 17.5. The largest absolute Gasteiger partial charge is 0.309 e. The molecule has 36 heavy (non-hydrogen) atoms. The average Bonchev–Trinajstić information content (AvgIpc) is 3.42. The van der Waals surface area contributed by atoms with Gasteiger partial charge < -0.3 is 9.13 Å². The lowest BCUT2D eigenvalue weighted by Gasteiger charge is -2.19. The van der Waals surface area contributed by atoms with Gasteiger partial charge >= 0.3 is 0 Å². The van der Waals surface area contributed by atoms with Crippen LogP contribution in [0.3, 0.4) is 0 Å². The maximum Gasteiger partial charge on any atom is 0.0641 e. The predicted molar refractivity (Wildman–Crippen MR) is 154 cm³/mol. The molecule has 0 radical (unpaired) electrons. The number of nitrogens with zero attached hydrogens (tertiary/aromatic N) is 2. The number of aromatic nitrogens is 2. The van der Waals surface area contributed by atoms with Gasteiger partial charge in [0.1, 0.15) is 0 Å². The van der Waals surface area contributed by atoms with Crippen LogP contribution in [0.4, 0.5) is 0 Å². The second-order valence-corrected chi connectivity index (χ2v) is 10.7. The highest BCUT2D eigenvalue weighted by atomic mass is 15.0. The second kappa shape index (κ2) is 7.60. The number of fused-ring (bicyclic) bond motifs is 7. The molecule has 0 N–H and O–H groups in total.